The third kappa shape index (κ3) is 5.20. The van der Waals surface area contributed by atoms with Crippen LogP contribution in [0.5, 0.6) is 0 Å². The van der Waals surface area contributed by atoms with E-state index in [0.717, 1.165) is 18.4 Å². The fourth-order valence-electron chi connectivity index (χ4n) is 2.61. The van der Waals surface area contributed by atoms with Gasteiger partial charge in [0.2, 0.25) is 15.9 Å². The smallest absolute Gasteiger partial charge is 0.353 e. The molecule has 0 aromatic heterocycles. The minimum absolute atomic E-state index is 0.00950. The van der Waals surface area contributed by atoms with E-state index in [1.807, 2.05) is 0 Å². The highest BCUT2D eigenvalue weighted by Gasteiger charge is 2.30. The number of carbonyl (C=O) groups excluding carboxylic acids is 1. The molecule has 24 heavy (non-hydrogen) atoms. The zero-order chi connectivity index (χ0) is 18.0. The van der Waals surface area contributed by atoms with E-state index >= 15 is 0 Å². The summed E-state index contributed by atoms with van der Waals surface area (Å²) >= 11 is 0. The number of piperidine rings is 1. The van der Waals surface area contributed by atoms with Gasteiger partial charge in [0.25, 0.3) is 0 Å². The van der Waals surface area contributed by atoms with Gasteiger partial charge in [-0.2, -0.15) is 13.2 Å². The first-order valence-electron chi connectivity index (χ1n) is 7.46. The molecule has 0 radical (unpaired) electrons. The van der Waals surface area contributed by atoms with E-state index in [2.05, 4.69) is 5.32 Å². The molecule has 0 saturated carbocycles. The van der Waals surface area contributed by atoms with Gasteiger partial charge in [-0.05, 0) is 30.5 Å². The number of hydrogen-bond acceptors (Lipinski definition) is 3. The highest BCUT2D eigenvalue weighted by molar-refractivity contribution is 7.88. The van der Waals surface area contributed by atoms with Crippen LogP contribution in [0, 0.1) is 0 Å². The van der Waals surface area contributed by atoms with Crippen LogP contribution in [0.25, 0.3) is 0 Å². The van der Waals surface area contributed by atoms with Gasteiger partial charge in [-0.15, -0.1) is 0 Å². The molecule has 2 rings (SSSR count). The van der Waals surface area contributed by atoms with Crippen molar-refractivity contribution in [3.8, 4) is 0 Å². The minimum Gasteiger partial charge on any atom is -0.353 e. The maximum atomic E-state index is 12.5. The maximum Gasteiger partial charge on any atom is 0.416 e. The molecule has 1 fully saturated rings. The summed E-state index contributed by atoms with van der Waals surface area (Å²) in [4.78, 5) is 12.0. The standard InChI is InChI=1S/C15H19F3N2O3S/c1-24(22,23)20-8-6-13(7-9-20)19-14(21)10-11-2-4-12(5-3-11)15(16,17)18/h2-5,13H,6-10H2,1H3,(H,19,21). The number of hydrogen-bond donors (Lipinski definition) is 1. The van der Waals surface area contributed by atoms with E-state index in [1.165, 1.54) is 16.4 Å². The summed E-state index contributed by atoms with van der Waals surface area (Å²) in [5.41, 5.74) is -0.256. The number of rotatable bonds is 4. The summed E-state index contributed by atoms with van der Waals surface area (Å²) in [5, 5.41) is 2.80. The van der Waals surface area contributed by atoms with Crippen molar-refractivity contribution in [3.05, 3.63) is 35.4 Å². The molecule has 1 aromatic rings. The number of nitrogens with one attached hydrogen (secondary N) is 1. The van der Waals surface area contributed by atoms with E-state index in [4.69, 9.17) is 0 Å². The molecule has 0 atom stereocenters. The van der Waals surface area contributed by atoms with E-state index in [-0.39, 0.29) is 18.4 Å². The predicted molar refractivity (Wildman–Crippen MR) is 82.7 cm³/mol. The molecular weight excluding hydrogens is 345 g/mol. The minimum atomic E-state index is -4.39. The van der Waals surface area contributed by atoms with Crippen molar-refractivity contribution in [2.75, 3.05) is 19.3 Å². The SMILES string of the molecule is CS(=O)(=O)N1CCC(NC(=O)Cc2ccc(C(F)(F)F)cc2)CC1. The van der Waals surface area contributed by atoms with Crippen LogP contribution >= 0.6 is 0 Å². The van der Waals surface area contributed by atoms with Gasteiger partial charge in [-0.3, -0.25) is 4.79 Å². The van der Waals surface area contributed by atoms with E-state index in [9.17, 15) is 26.4 Å². The molecule has 0 bridgehead atoms. The zero-order valence-electron chi connectivity index (χ0n) is 13.1. The summed E-state index contributed by atoms with van der Waals surface area (Å²) < 4.78 is 61.6. The van der Waals surface area contributed by atoms with Crippen molar-refractivity contribution in [3.63, 3.8) is 0 Å². The molecule has 1 saturated heterocycles. The molecule has 0 aliphatic carbocycles. The quantitative estimate of drug-likeness (QED) is 0.886. The Morgan fingerprint density at radius 1 is 1.21 bits per heavy atom. The number of halogens is 3. The van der Waals surface area contributed by atoms with Crippen molar-refractivity contribution >= 4 is 15.9 Å². The second-order valence-electron chi connectivity index (χ2n) is 5.88. The highest BCUT2D eigenvalue weighted by Crippen LogP contribution is 2.29. The Kier molecular flexibility index (Phi) is 5.54. The van der Waals surface area contributed by atoms with Crippen molar-refractivity contribution in [2.24, 2.45) is 0 Å². The van der Waals surface area contributed by atoms with Crippen LogP contribution < -0.4 is 5.32 Å². The molecule has 0 unspecified atom stereocenters. The maximum absolute atomic E-state index is 12.5. The summed E-state index contributed by atoms with van der Waals surface area (Å²) in [7, 11) is -3.21. The lowest BCUT2D eigenvalue weighted by Crippen LogP contribution is -2.46. The highest BCUT2D eigenvalue weighted by atomic mass is 32.2. The number of sulfonamides is 1. The Morgan fingerprint density at radius 2 is 1.75 bits per heavy atom. The topological polar surface area (TPSA) is 66.5 Å². The second-order valence-corrected chi connectivity index (χ2v) is 7.86. The lowest BCUT2D eigenvalue weighted by molar-refractivity contribution is -0.137. The predicted octanol–water partition coefficient (Wildman–Crippen LogP) is 1.79. The summed E-state index contributed by atoms with van der Waals surface area (Å²) in [6.07, 6.45) is -2.22. The van der Waals surface area contributed by atoms with Crippen LogP contribution in [-0.2, 0) is 27.4 Å². The van der Waals surface area contributed by atoms with Gasteiger partial charge < -0.3 is 5.32 Å². The van der Waals surface area contributed by atoms with Gasteiger partial charge in [0, 0.05) is 19.1 Å². The Bertz CT molecular complexity index is 679. The van der Waals surface area contributed by atoms with Gasteiger partial charge in [0.15, 0.2) is 0 Å². The first-order chi connectivity index (χ1) is 11.1. The summed E-state index contributed by atoms with van der Waals surface area (Å²) in [6.45, 7) is 0.702. The number of amides is 1. The Balaban J connectivity index is 1.84. The molecule has 5 nitrogen and oxygen atoms in total. The van der Waals surface area contributed by atoms with Gasteiger partial charge in [0.1, 0.15) is 0 Å². The summed E-state index contributed by atoms with van der Waals surface area (Å²) in [6, 6.07) is 4.36. The van der Waals surface area contributed by atoms with E-state index in [1.54, 1.807) is 0 Å². The Labute approximate surface area is 138 Å². The zero-order valence-corrected chi connectivity index (χ0v) is 14.0. The van der Waals surface area contributed by atoms with Crippen molar-refractivity contribution in [1.29, 1.82) is 0 Å². The Morgan fingerprint density at radius 3 is 2.21 bits per heavy atom. The Hall–Kier alpha value is -1.61. The van der Waals surface area contributed by atoms with Crippen LogP contribution in [-0.4, -0.2) is 44.0 Å². The molecule has 1 aliphatic rings. The van der Waals surface area contributed by atoms with Crippen LogP contribution in [0.15, 0.2) is 24.3 Å². The van der Waals surface area contributed by atoms with Crippen LogP contribution in [0.4, 0.5) is 13.2 Å². The third-order valence-corrected chi connectivity index (χ3v) is 5.24. The number of benzene rings is 1. The molecule has 134 valence electrons. The average molecular weight is 364 g/mol. The van der Waals surface area contributed by atoms with Crippen molar-refractivity contribution in [2.45, 2.75) is 31.5 Å². The van der Waals surface area contributed by atoms with Crippen molar-refractivity contribution in [1.82, 2.24) is 9.62 Å². The average Bonchev–Trinajstić information content (AvgIpc) is 2.46. The monoisotopic (exact) mass is 364 g/mol. The van der Waals surface area contributed by atoms with E-state index in [0.29, 0.717) is 31.5 Å². The fourth-order valence-corrected chi connectivity index (χ4v) is 3.48. The molecule has 1 N–H and O–H groups in total. The first kappa shape index (κ1) is 18.7. The largest absolute Gasteiger partial charge is 0.416 e. The first-order valence-corrected chi connectivity index (χ1v) is 9.31. The van der Waals surface area contributed by atoms with Gasteiger partial charge in [-0.25, -0.2) is 12.7 Å². The molecule has 1 aliphatic heterocycles. The molecular formula is C15H19F3N2O3S. The number of alkyl halides is 3. The summed E-state index contributed by atoms with van der Waals surface area (Å²) in [5.74, 6) is -0.285. The van der Waals surface area contributed by atoms with Crippen LogP contribution in [0.2, 0.25) is 0 Å². The van der Waals surface area contributed by atoms with Gasteiger partial charge >= 0.3 is 6.18 Å². The van der Waals surface area contributed by atoms with Gasteiger partial charge in [-0.1, -0.05) is 12.1 Å². The fraction of sp³-hybridized carbons (Fsp3) is 0.533. The lowest BCUT2D eigenvalue weighted by atomic mass is 10.1. The van der Waals surface area contributed by atoms with E-state index < -0.39 is 21.8 Å². The molecule has 9 heteroatoms. The number of carbonyl (C=O) groups is 1. The molecule has 1 aromatic carbocycles. The molecule has 0 spiro atoms. The third-order valence-electron chi connectivity index (χ3n) is 3.93. The lowest BCUT2D eigenvalue weighted by Gasteiger charge is -2.30. The van der Waals surface area contributed by atoms with Gasteiger partial charge in [0.05, 0.1) is 18.2 Å². The van der Waals surface area contributed by atoms with Crippen LogP contribution in [0.1, 0.15) is 24.0 Å². The normalized spacial score (nSPS) is 17.7. The molecule has 1 heterocycles. The van der Waals surface area contributed by atoms with Crippen molar-refractivity contribution < 1.29 is 26.4 Å². The van der Waals surface area contributed by atoms with Crippen LogP contribution in [0.3, 0.4) is 0 Å². The second kappa shape index (κ2) is 7.10. The number of nitrogens with zero attached hydrogens (tertiary/aromatic N) is 1. The molecule has 1 amide bonds.